The molecule has 0 bridgehead atoms. The van der Waals surface area contributed by atoms with Crippen LogP contribution in [0.1, 0.15) is 35.7 Å². The Labute approximate surface area is 171 Å². The van der Waals surface area contributed by atoms with Gasteiger partial charge in [0.1, 0.15) is 0 Å². The SMILES string of the molecule is CCNC(=NCc1cccc(C(=O)NC)c1)NCC1(Sc2ccccc2)CC1. The summed E-state index contributed by atoms with van der Waals surface area (Å²) in [5, 5.41) is 9.47. The average molecular weight is 397 g/mol. The van der Waals surface area contributed by atoms with Crippen LogP contribution in [-0.4, -0.2) is 36.8 Å². The molecule has 2 aromatic carbocycles. The van der Waals surface area contributed by atoms with E-state index >= 15 is 0 Å². The molecule has 1 fully saturated rings. The van der Waals surface area contributed by atoms with Crippen LogP contribution in [0, 0.1) is 0 Å². The first-order valence-electron chi connectivity index (χ1n) is 9.71. The molecule has 28 heavy (non-hydrogen) atoms. The van der Waals surface area contributed by atoms with E-state index in [0.29, 0.717) is 12.1 Å². The van der Waals surface area contributed by atoms with Gasteiger partial charge in [0.15, 0.2) is 5.96 Å². The Hall–Kier alpha value is -2.47. The smallest absolute Gasteiger partial charge is 0.251 e. The zero-order valence-corrected chi connectivity index (χ0v) is 17.3. The molecule has 0 aromatic heterocycles. The summed E-state index contributed by atoms with van der Waals surface area (Å²) in [5.41, 5.74) is 1.67. The van der Waals surface area contributed by atoms with E-state index in [1.165, 1.54) is 17.7 Å². The van der Waals surface area contributed by atoms with Gasteiger partial charge in [-0.2, -0.15) is 0 Å². The molecule has 0 atom stereocenters. The Morgan fingerprint density at radius 1 is 1.11 bits per heavy atom. The lowest BCUT2D eigenvalue weighted by atomic mass is 10.1. The molecular weight excluding hydrogens is 368 g/mol. The van der Waals surface area contributed by atoms with Crippen molar-refractivity contribution < 1.29 is 4.79 Å². The van der Waals surface area contributed by atoms with Gasteiger partial charge >= 0.3 is 0 Å². The number of nitrogens with zero attached hydrogens (tertiary/aromatic N) is 1. The minimum Gasteiger partial charge on any atom is -0.357 e. The summed E-state index contributed by atoms with van der Waals surface area (Å²) in [6.07, 6.45) is 2.43. The molecule has 1 aliphatic rings. The highest BCUT2D eigenvalue weighted by Crippen LogP contribution is 2.51. The molecule has 1 amide bonds. The predicted molar refractivity (Wildman–Crippen MR) is 117 cm³/mol. The number of hydrogen-bond acceptors (Lipinski definition) is 3. The van der Waals surface area contributed by atoms with Crippen LogP contribution in [0.3, 0.4) is 0 Å². The van der Waals surface area contributed by atoms with Crippen molar-refractivity contribution in [2.24, 2.45) is 4.99 Å². The van der Waals surface area contributed by atoms with Crippen molar-refractivity contribution in [2.75, 3.05) is 20.1 Å². The summed E-state index contributed by atoms with van der Waals surface area (Å²) in [6.45, 7) is 4.29. The van der Waals surface area contributed by atoms with Crippen LogP contribution in [0.4, 0.5) is 0 Å². The molecule has 0 spiro atoms. The average Bonchev–Trinajstić information content (AvgIpc) is 3.50. The van der Waals surface area contributed by atoms with E-state index in [4.69, 9.17) is 4.99 Å². The normalized spacial score (nSPS) is 15.0. The number of hydrogen-bond donors (Lipinski definition) is 3. The van der Waals surface area contributed by atoms with E-state index in [1.54, 1.807) is 7.05 Å². The van der Waals surface area contributed by atoms with Crippen LogP contribution < -0.4 is 16.0 Å². The molecule has 0 aliphatic heterocycles. The number of carbonyl (C=O) groups excluding carboxylic acids is 1. The number of nitrogens with one attached hydrogen (secondary N) is 3. The zero-order chi connectivity index (χ0) is 19.8. The van der Waals surface area contributed by atoms with Crippen molar-refractivity contribution >= 4 is 23.6 Å². The number of rotatable bonds is 8. The summed E-state index contributed by atoms with van der Waals surface area (Å²) in [6, 6.07) is 18.2. The quantitative estimate of drug-likeness (QED) is 0.472. The third kappa shape index (κ3) is 5.76. The molecule has 0 radical (unpaired) electrons. The summed E-state index contributed by atoms with van der Waals surface area (Å²) in [5.74, 6) is 0.734. The van der Waals surface area contributed by atoms with Crippen molar-refractivity contribution in [1.29, 1.82) is 0 Å². The Kier molecular flexibility index (Phi) is 6.98. The van der Waals surface area contributed by atoms with Gasteiger partial charge in [0, 0.05) is 35.3 Å². The van der Waals surface area contributed by atoms with Gasteiger partial charge in [-0.15, -0.1) is 11.8 Å². The summed E-state index contributed by atoms with van der Waals surface area (Å²) in [7, 11) is 1.64. The molecule has 3 N–H and O–H groups in total. The number of amides is 1. The Bertz CT molecular complexity index is 818. The van der Waals surface area contributed by atoms with E-state index in [9.17, 15) is 4.79 Å². The highest BCUT2D eigenvalue weighted by molar-refractivity contribution is 8.01. The Morgan fingerprint density at radius 2 is 1.89 bits per heavy atom. The number of guanidine groups is 1. The van der Waals surface area contributed by atoms with E-state index in [1.807, 2.05) is 36.0 Å². The standard InChI is InChI=1S/C22H28N4OS/c1-3-24-21(25-15-17-8-7-9-18(14-17)20(27)23-2)26-16-22(12-13-22)28-19-10-5-4-6-11-19/h4-11,14H,3,12-13,15-16H2,1-2H3,(H,23,27)(H2,24,25,26). The van der Waals surface area contributed by atoms with Crippen LogP contribution in [0.5, 0.6) is 0 Å². The van der Waals surface area contributed by atoms with Crippen molar-refractivity contribution in [3.8, 4) is 0 Å². The van der Waals surface area contributed by atoms with Crippen LogP contribution in [0.15, 0.2) is 64.5 Å². The summed E-state index contributed by atoms with van der Waals surface area (Å²) >= 11 is 1.95. The van der Waals surface area contributed by atoms with Crippen molar-refractivity contribution in [2.45, 2.75) is 36.0 Å². The molecule has 2 aromatic rings. The molecule has 0 unspecified atom stereocenters. The second kappa shape index (κ2) is 9.64. The fourth-order valence-electron chi connectivity index (χ4n) is 2.91. The Balaban J connectivity index is 1.59. The molecule has 5 nitrogen and oxygen atoms in total. The van der Waals surface area contributed by atoms with Gasteiger partial charge in [-0.05, 0) is 49.6 Å². The van der Waals surface area contributed by atoms with Crippen LogP contribution in [0.25, 0.3) is 0 Å². The maximum atomic E-state index is 11.8. The third-order valence-corrected chi connectivity index (χ3v) is 6.14. The van der Waals surface area contributed by atoms with Crippen molar-refractivity contribution in [3.05, 3.63) is 65.7 Å². The Morgan fingerprint density at radius 3 is 2.57 bits per heavy atom. The van der Waals surface area contributed by atoms with Gasteiger partial charge in [0.2, 0.25) is 0 Å². The largest absolute Gasteiger partial charge is 0.357 e. The third-order valence-electron chi connectivity index (χ3n) is 4.64. The zero-order valence-electron chi connectivity index (χ0n) is 16.5. The number of aliphatic imine (C=N–C) groups is 1. The predicted octanol–water partition coefficient (Wildman–Crippen LogP) is 3.43. The molecular formula is C22H28N4OS. The molecule has 0 heterocycles. The van der Waals surface area contributed by atoms with Crippen LogP contribution in [0.2, 0.25) is 0 Å². The fourth-order valence-corrected chi connectivity index (χ4v) is 4.15. The summed E-state index contributed by atoms with van der Waals surface area (Å²) in [4.78, 5) is 17.8. The van der Waals surface area contributed by atoms with E-state index < -0.39 is 0 Å². The van der Waals surface area contributed by atoms with Gasteiger partial charge in [-0.3, -0.25) is 4.79 Å². The van der Waals surface area contributed by atoms with Crippen LogP contribution in [-0.2, 0) is 6.54 Å². The summed E-state index contributed by atoms with van der Waals surface area (Å²) < 4.78 is 0.261. The van der Waals surface area contributed by atoms with E-state index in [2.05, 4.69) is 53.2 Å². The topological polar surface area (TPSA) is 65.5 Å². The van der Waals surface area contributed by atoms with Gasteiger partial charge in [-0.25, -0.2) is 4.99 Å². The number of thioether (sulfide) groups is 1. The minimum atomic E-state index is -0.0792. The molecule has 1 aliphatic carbocycles. The van der Waals surface area contributed by atoms with Gasteiger partial charge in [0.25, 0.3) is 5.91 Å². The van der Waals surface area contributed by atoms with Crippen molar-refractivity contribution in [3.63, 3.8) is 0 Å². The lowest BCUT2D eigenvalue weighted by Gasteiger charge is -2.18. The molecule has 3 rings (SSSR count). The van der Waals surface area contributed by atoms with Gasteiger partial charge in [-0.1, -0.05) is 30.3 Å². The second-order valence-corrected chi connectivity index (χ2v) is 8.47. The lowest BCUT2D eigenvalue weighted by molar-refractivity contribution is 0.0963. The highest BCUT2D eigenvalue weighted by Gasteiger charge is 2.43. The van der Waals surface area contributed by atoms with E-state index in [-0.39, 0.29) is 10.7 Å². The van der Waals surface area contributed by atoms with Crippen LogP contribution >= 0.6 is 11.8 Å². The highest BCUT2D eigenvalue weighted by atomic mass is 32.2. The maximum Gasteiger partial charge on any atom is 0.251 e. The monoisotopic (exact) mass is 396 g/mol. The first kappa shape index (κ1) is 20.3. The molecule has 6 heteroatoms. The number of benzene rings is 2. The number of carbonyl (C=O) groups is 1. The molecule has 0 saturated heterocycles. The molecule has 1 saturated carbocycles. The van der Waals surface area contributed by atoms with Gasteiger partial charge < -0.3 is 16.0 Å². The van der Waals surface area contributed by atoms with E-state index in [0.717, 1.165) is 24.6 Å². The lowest BCUT2D eigenvalue weighted by Crippen LogP contribution is -2.41. The minimum absolute atomic E-state index is 0.0792. The first-order valence-corrected chi connectivity index (χ1v) is 10.5. The second-order valence-electron chi connectivity index (χ2n) is 6.93. The molecule has 148 valence electrons. The maximum absolute atomic E-state index is 11.8. The van der Waals surface area contributed by atoms with Crippen molar-refractivity contribution in [1.82, 2.24) is 16.0 Å². The first-order chi connectivity index (χ1) is 13.6. The fraction of sp³-hybridized carbons (Fsp3) is 0.364. The van der Waals surface area contributed by atoms with Gasteiger partial charge in [0.05, 0.1) is 6.54 Å².